The van der Waals surface area contributed by atoms with E-state index in [0.29, 0.717) is 11.5 Å². The smallest absolute Gasteiger partial charge is 0.139 e. The number of hydrogen-bond acceptors (Lipinski definition) is 4. The average Bonchev–Trinajstić information content (AvgIpc) is 2.14. The molecule has 0 aliphatic heterocycles. The van der Waals surface area contributed by atoms with Gasteiger partial charge in [-0.25, -0.2) is 4.98 Å². The van der Waals surface area contributed by atoms with Gasteiger partial charge in [-0.1, -0.05) is 12.2 Å². The Morgan fingerprint density at radius 3 is 2.65 bits per heavy atom. The number of likely N-dealkylation sites (N-methyl/N-ethyl adjacent to an activating group) is 1. The molecule has 0 saturated heterocycles. The maximum Gasteiger partial charge on any atom is 0.139 e. The van der Waals surface area contributed by atoms with Crippen molar-refractivity contribution in [2.75, 3.05) is 18.5 Å². The molecule has 1 unspecified atom stereocenters. The lowest BCUT2D eigenvalue weighted by Crippen LogP contribution is -2.30. The van der Waals surface area contributed by atoms with E-state index in [1.807, 2.05) is 31.9 Å². The van der Waals surface area contributed by atoms with Crippen molar-refractivity contribution in [2.24, 2.45) is 5.73 Å². The fourth-order valence-corrected chi connectivity index (χ4v) is 2.13. The van der Waals surface area contributed by atoms with Crippen LogP contribution in [0.5, 0.6) is 0 Å². The number of hydrogen-bond donors (Lipinski definition) is 2. The fourth-order valence-electron chi connectivity index (χ4n) is 1.88. The Hall–Kier alpha value is -1.20. The molecule has 0 aromatic carbocycles. The highest BCUT2D eigenvalue weighted by atomic mass is 32.1. The molecule has 0 aliphatic rings. The maximum atomic E-state index is 9.42. The Morgan fingerprint density at radius 2 is 2.18 bits per heavy atom. The lowest BCUT2D eigenvalue weighted by atomic mass is 10.1. The van der Waals surface area contributed by atoms with Gasteiger partial charge in [0.2, 0.25) is 0 Å². The van der Waals surface area contributed by atoms with E-state index in [0.717, 1.165) is 22.6 Å². The molecule has 5 heteroatoms. The number of rotatable bonds is 4. The van der Waals surface area contributed by atoms with Gasteiger partial charge in [0.25, 0.3) is 0 Å². The minimum atomic E-state index is -0.429. The van der Waals surface area contributed by atoms with Gasteiger partial charge in [-0.2, -0.15) is 0 Å². The third kappa shape index (κ3) is 3.38. The van der Waals surface area contributed by atoms with E-state index in [4.69, 9.17) is 18.0 Å². The first kappa shape index (κ1) is 13.9. The molecule has 94 valence electrons. The molecule has 1 atom stereocenters. The van der Waals surface area contributed by atoms with Gasteiger partial charge in [-0.15, -0.1) is 0 Å². The number of anilines is 1. The predicted molar refractivity (Wildman–Crippen MR) is 74.5 cm³/mol. The highest BCUT2D eigenvalue weighted by Crippen LogP contribution is 2.21. The lowest BCUT2D eigenvalue weighted by Gasteiger charge is -2.23. The number of aliphatic hydroxyl groups is 1. The summed E-state index contributed by atoms with van der Waals surface area (Å²) in [4.78, 5) is 6.67. The summed E-state index contributed by atoms with van der Waals surface area (Å²) in [6.45, 7) is 6.12. The van der Waals surface area contributed by atoms with Crippen LogP contribution in [-0.2, 0) is 0 Å². The number of aryl methyl sites for hydroxylation is 2. The monoisotopic (exact) mass is 253 g/mol. The van der Waals surface area contributed by atoms with Gasteiger partial charge < -0.3 is 15.7 Å². The zero-order valence-corrected chi connectivity index (χ0v) is 11.5. The van der Waals surface area contributed by atoms with Crippen molar-refractivity contribution >= 4 is 23.0 Å². The topological polar surface area (TPSA) is 62.4 Å². The Kier molecular flexibility index (Phi) is 4.42. The highest BCUT2D eigenvalue weighted by molar-refractivity contribution is 7.80. The van der Waals surface area contributed by atoms with E-state index >= 15 is 0 Å². The van der Waals surface area contributed by atoms with Gasteiger partial charge >= 0.3 is 0 Å². The molecule has 0 aliphatic carbocycles. The molecule has 0 amide bonds. The number of nitrogens with two attached hydrogens (primary N) is 1. The molecule has 0 bridgehead atoms. The average molecular weight is 253 g/mol. The first-order valence-corrected chi connectivity index (χ1v) is 5.91. The highest BCUT2D eigenvalue weighted by Gasteiger charge is 2.16. The largest absolute Gasteiger partial charge is 0.392 e. The molecule has 0 saturated carbocycles. The number of pyridine rings is 1. The Balaban J connectivity index is 3.25. The van der Waals surface area contributed by atoms with Crippen LogP contribution >= 0.6 is 12.2 Å². The van der Waals surface area contributed by atoms with Crippen LogP contribution < -0.4 is 10.6 Å². The molecular formula is C12H19N3OS. The number of thiocarbonyl (C=S) groups is 1. The predicted octanol–water partition coefficient (Wildman–Crippen LogP) is 1.15. The summed E-state index contributed by atoms with van der Waals surface area (Å²) in [5.41, 5.74) is 8.45. The molecule has 1 aromatic heterocycles. The van der Waals surface area contributed by atoms with Gasteiger partial charge in [0.1, 0.15) is 10.8 Å². The molecule has 0 fully saturated rings. The zero-order valence-electron chi connectivity index (χ0n) is 10.7. The SMILES string of the molecule is Cc1cc(C)c(C(N)=S)c(N(C)CC(C)O)n1. The van der Waals surface area contributed by atoms with E-state index < -0.39 is 6.10 Å². The number of nitrogens with zero attached hydrogens (tertiary/aromatic N) is 2. The van der Waals surface area contributed by atoms with Crippen molar-refractivity contribution in [3.63, 3.8) is 0 Å². The van der Waals surface area contributed by atoms with E-state index in [1.165, 1.54) is 0 Å². The van der Waals surface area contributed by atoms with Crippen LogP contribution in [-0.4, -0.2) is 34.8 Å². The van der Waals surface area contributed by atoms with E-state index in [2.05, 4.69) is 4.98 Å². The lowest BCUT2D eigenvalue weighted by molar-refractivity contribution is 0.201. The van der Waals surface area contributed by atoms with Crippen LogP contribution in [0.3, 0.4) is 0 Å². The third-order valence-electron chi connectivity index (χ3n) is 2.47. The van der Waals surface area contributed by atoms with Gasteiger partial charge in [-0.3, -0.25) is 0 Å². The van der Waals surface area contributed by atoms with Crippen LogP contribution in [0.4, 0.5) is 5.82 Å². The maximum absolute atomic E-state index is 9.42. The van der Waals surface area contributed by atoms with Crippen LogP contribution in [0.1, 0.15) is 23.7 Å². The van der Waals surface area contributed by atoms with Crippen molar-refractivity contribution in [3.8, 4) is 0 Å². The molecule has 1 heterocycles. The fraction of sp³-hybridized carbons (Fsp3) is 0.500. The van der Waals surface area contributed by atoms with Crippen molar-refractivity contribution in [1.29, 1.82) is 0 Å². The molecule has 4 nitrogen and oxygen atoms in total. The quantitative estimate of drug-likeness (QED) is 0.788. The Morgan fingerprint density at radius 1 is 1.59 bits per heavy atom. The normalized spacial score (nSPS) is 12.3. The number of aromatic nitrogens is 1. The molecule has 1 aromatic rings. The molecule has 17 heavy (non-hydrogen) atoms. The second-order valence-corrected chi connectivity index (χ2v) is 4.81. The number of aliphatic hydroxyl groups excluding tert-OH is 1. The van der Waals surface area contributed by atoms with Crippen LogP contribution in [0.2, 0.25) is 0 Å². The van der Waals surface area contributed by atoms with Crippen molar-refractivity contribution < 1.29 is 5.11 Å². The van der Waals surface area contributed by atoms with Crippen molar-refractivity contribution in [1.82, 2.24) is 4.98 Å². The second kappa shape index (κ2) is 5.42. The summed E-state index contributed by atoms with van der Waals surface area (Å²) in [6, 6.07) is 1.95. The van der Waals surface area contributed by atoms with Crippen molar-refractivity contribution in [3.05, 3.63) is 22.9 Å². The summed E-state index contributed by atoms with van der Waals surface area (Å²) in [5.74, 6) is 0.732. The molecule has 0 spiro atoms. The summed E-state index contributed by atoms with van der Waals surface area (Å²) in [6.07, 6.45) is -0.429. The summed E-state index contributed by atoms with van der Waals surface area (Å²) >= 11 is 5.06. The molecular weight excluding hydrogens is 234 g/mol. The summed E-state index contributed by atoms with van der Waals surface area (Å²) in [7, 11) is 1.87. The van der Waals surface area contributed by atoms with Gasteiger partial charge in [-0.05, 0) is 32.4 Å². The molecule has 3 N–H and O–H groups in total. The second-order valence-electron chi connectivity index (χ2n) is 4.37. The summed E-state index contributed by atoms with van der Waals surface area (Å²) in [5, 5.41) is 9.42. The molecule has 0 radical (unpaired) electrons. The first-order chi connectivity index (χ1) is 7.82. The van der Waals surface area contributed by atoms with Crippen LogP contribution in [0.15, 0.2) is 6.07 Å². The minimum Gasteiger partial charge on any atom is -0.392 e. The Labute approximate surface area is 107 Å². The van der Waals surface area contributed by atoms with E-state index in [-0.39, 0.29) is 0 Å². The van der Waals surface area contributed by atoms with Gasteiger partial charge in [0.05, 0.1) is 11.7 Å². The van der Waals surface area contributed by atoms with E-state index in [1.54, 1.807) is 6.92 Å². The van der Waals surface area contributed by atoms with Crippen LogP contribution in [0.25, 0.3) is 0 Å². The standard InChI is InChI=1S/C12H19N3OS/c1-7-5-8(2)14-12(10(7)11(13)17)15(4)6-9(3)16/h5,9,16H,6H2,1-4H3,(H2,13,17). The first-order valence-electron chi connectivity index (χ1n) is 5.50. The summed E-state index contributed by atoms with van der Waals surface area (Å²) < 4.78 is 0. The third-order valence-corrected chi connectivity index (χ3v) is 2.68. The van der Waals surface area contributed by atoms with E-state index in [9.17, 15) is 5.11 Å². The minimum absolute atomic E-state index is 0.336. The zero-order chi connectivity index (χ0) is 13.2. The van der Waals surface area contributed by atoms with Crippen LogP contribution in [0, 0.1) is 13.8 Å². The van der Waals surface area contributed by atoms with Gasteiger partial charge in [0.15, 0.2) is 0 Å². The molecule has 1 rings (SSSR count). The Bertz CT molecular complexity index is 432. The van der Waals surface area contributed by atoms with Gasteiger partial charge in [0, 0.05) is 19.3 Å². The van der Waals surface area contributed by atoms with Crippen molar-refractivity contribution in [2.45, 2.75) is 26.9 Å².